The molecule has 20 heavy (non-hydrogen) atoms. The van der Waals surface area contributed by atoms with Gasteiger partial charge in [-0.05, 0) is 52.3 Å². The Morgan fingerprint density at radius 3 is 2.30 bits per heavy atom. The number of nitrogens with one attached hydrogen (secondary N) is 2. The third-order valence-electron chi connectivity index (χ3n) is 2.30. The van der Waals surface area contributed by atoms with Crippen molar-refractivity contribution in [2.75, 3.05) is 10.6 Å². The van der Waals surface area contributed by atoms with Gasteiger partial charge in [0.2, 0.25) is 0 Å². The molecule has 0 aliphatic rings. The average molecular weight is 378 g/mol. The molecule has 0 spiro atoms. The summed E-state index contributed by atoms with van der Waals surface area (Å²) in [7, 11) is 0. The van der Waals surface area contributed by atoms with Crippen LogP contribution in [0.1, 0.15) is 0 Å². The lowest BCUT2D eigenvalue weighted by Crippen LogP contribution is -2.19. The number of halogens is 4. The van der Waals surface area contributed by atoms with E-state index in [1.807, 2.05) is 0 Å². The lowest BCUT2D eigenvalue weighted by atomic mass is 10.3. The zero-order chi connectivity index (χ0) is 14.7. The molecule has 0 saturated heterocycles. The highest BCUT2D eigenvalue weighted by atomic mass is 79.9. The zero-order valence-corrected chi connectivity index (χ0v) is 13.0. The van der Waals surface area contributed by atoms with Crippen LogP contribution in [0, 0.1) is 5.82 Å². The third kappa shape index (κ3) is 4.10. The molecule has 0 heterocycles. The first-order chi connectivity index (χ1) is 9.44. The predicted molar refractivity (Wildman–Crippen MR) is 83.2 cm³/mol. The minimum absolute atomic E-state index is 0.399. The van der Waals surface area contributed by atoms with Gasteiger partial charge in [-0.2, -0.15) is 0 Å². The second-order valence-electron chi connectivity index (χ2n) is 3.86. The summed E-state index contributed by atoms with van der Waals surface area (Å²) in [6.45, 7) is 0. The van der Waals surface area contributed by atoms with Crippen molar-refractivity contribution in [2.24, 2.45) is 0 Å². The Hall–Kier alpha value is -1.30. The van der Waals surface area contributed by atoms with Crippen molar-refractivity contribution in [1.29, 1.82) is 0 Å². The highest BCUT2D eigenvalue weighted by molar-refractivity contribution is 9.10. The molecule has 2 amide bonds. The fourth-order valence-electron chi connectivity index (χ4n) is 1.50. The summed E-state index contributed by atoms with van der Waals surface area (Å²) < 4.78 is 13.4. The van der Waals surface area contributed by atoms with Crippen LogP contribution in [0.3, 0.4) is 0 Å². The van der Waals surface area contributed by atoms with Crippen LogP contribution in [0.25, 0.3) is 0 Å². The molecule has 0 aliphatic carbocycles. The van der Waals surface area contributed by atoms with Crippen molar-refractivity contribution in [1.82, 2.24) is 0 Å². The summed E-state index contributed by atoms with van der Waals surface area (Å²) >= 11 is 14.8. The molecule has 0 bridgehead atoms. The molecule has 0 fully saturated rings. The second-order valence-corrected chi connectivity index (χ2v) is 5.59. The van der Waals surface area contributed by atoms with E-state index in [1.165, 1.54) is 18.2 Å². The van der Waals surface area contributed by atoms with E-state index in [0.717, 1.165) is 0 Å². The number of hydrogen-bond acceptors (Lipinski definition) is 1. The van der Waals surface area contributed by atoms with Gasteiger partial charge < -0.3 is 10.6 Å². The van der Waals surface area contributed by atoms with Crippen molar-refractivity contribution in [2.45, 2.75) is 0 Å². The van der Waals surface area contributed by atoms with Crippen molar-refractivity contribution >= 4 is 56.5 Å². The van der Waals surface area contributed by atoms with Crippen LogP contribution in [-0.2, 0) is 0 Å². The lowest BCUT2D eigenvalue weighted by molar-refractivity contribution is 0.262. The van der Waals surface area contributed by atoms with Crippen LogP contribution >= 0.6 is 39.1 Å². The van der Waals surface area contributed by atoms with E-state index in [2.05, 4.69) is 26.6 Å². The summed E-state index contributed by atoms with van der Waals surface area (Å²) in [6.07, 6.45) is 0. The Labute approximate surface area is 133 Å². The Kier molecular flexibility index (Phi) is 4.86. The molecule has 0 aromatic heterocycles. The van der Waals surface area contributed by atoms with Crippen LogP contribution in [0.5, 0.6) is 0 Å². The molecule has 2 rings (SSSR count). The molecule has 2 aromatic rings. The first-order valence-electron chi connectivity index (χ1n) is 5.43. The Morgan fingerprint density at radius 2 is 1.70 bits per heavy atom. The van der Waals surface area contributed by atoms with Gasteiger partial charge in [-0.25, -0.2) is 9.18 Å². The SMILES string of the molecule is O=C(Nc1cc(Cl)cc(Cl)c1)Nc1ccc(F)cc1Br. The molecule has 104 valence electrons. The number of rotatable bonds is 2. The largest absolute Gasteiger partial charge is 0.323 e. The second kappa shape index (κ2) is 6.43. The third-order valence-corrected chi connectivity index (χ3v) is 3.39. The van der Waals surface area contributed by atoms with Gasteiger partial charge in [0.05, 0.1) is 5.69 Å². The van der Waals surface area contributed by atoms with Gasteiger partial charge in [0.25, 0.3) is 0 Å². The van der Waals surface area contributed by atoms with Crippen molar-refractivity contribution < 1.29 is 9.18 Å². The molecule has 0 saturated carbocycles. The maximum absolute atomic E-state index is 12.9. The van der Waals surface area contributed by atoms with Gasteiger partial charge in [0.1, 0.15) is 5.82 Å². The Balaban J connectivity index is 2.09. The van der Waals surface area contributed by atoms with E-state index in [-0.39, 0.29) is 0 Å². The molecule has 0 unspecified atom stereocenters. The van der Waals surface area contributed by atoms with E-state index in [0.29, 0.717) is 25.9 Å². The van der Waals surface area contributed by atoms with Crippen LogP contribution < -0.4 is 10.6 Å². The number of carbonyl (C=O) groups is 1. The molecular weight excluding hydrogens is 370 g/mol. The first-order valence-corrected chi connectivity index (χ1v) is 6.98. The number of carbonyl (C=O) groups excluding carboxylic acids is 1. The van der Waals surface area contributed by atoms with E-state index in [1.54, 1.807) is 18.2 Å². The van der Waals surface area contributed by atoms with Crippen molar-refractivity contribution in [3.8, 4) is 0 Å². The number of benzene rings is 2. The summed E-state index contributed by atoms with van der Waals surface area (Å²) in [4.78, 5) is 11.8. The highest BCUT2D eigenvalue weighted by Gasteiger charge is 2.07. The molecule has 0 radical (unpaired) electrons. The number of amides is 2. The number of hydrogen-bond donors (Lipinski definition) is 2. The summed E-state index contributed by atoms with van der Waals surface area (Å²) in [5.74, 6) is -0.399. The van der Waals surface area contributed by atoms with Crippen LogP contribution in [-0.4, -0.2) is 6.03 Å². The van der Waals surface area contributed by atoms with Gasteiger partial charge in [0.15, 0.2) is 0 Å². The maximum Gasteiger partial charge on any atom is 0.323 e. The minimum atomic E-state index is -0.490. The standard InChI is InChI=1S/C13H8BrCl2FN2O/c14-11-6-9(17)1-2-12(11)19-13(20)18-10-4-7(15)3-8(16)5-10/h1-6H,(H2,18,19,20). The fourth-order valence-corrected chi connectivity index (χ4v) is 2.48. The van der Waals surface area contributed by atoms with E-state index in [9.17, 15) is 9.18 Å². The summed E-state index contributed by atoms with van der Waals surface area (Å²) in [6, 6.07) is 8.14. The van der Waals surface area contributed by atoms with Gasteiger partial charge in [-0.3, -0.25) is 0 Å². The lowest BCUT2D eigenvalue weighted by Gasteiger charge is -2.09. The Morgan fingerprint density at radius 1 is 1.05 bits per heavy atom. The average Bonchev–Trinajstić information content (AvgIpc) is 2.31. The Bertz CT molecular complexity index is 647. The smallest absolute Gasteiger partial charge is 0.308 e. The number of urea groups is 1. The monoisotopic (exact) mass is 376 g/mol. The normalized spacial score (nSPS) is 10.2. The van der Waals surface area contributed by atoms with E-state index >= 15 is 0 Å². The van der Waals surface area contributed by atoms with Gasteiger partial charge in [-0.1, -0.05) is 23.2 Å². The molecular formula is C13H8BrCl2FN2O. The van der Waals surface area contributed by atoms with Gasteiger partial charge in [-0.15, -0.1) is 0 Å². The minimum Gasteiger partial charge on any atom is -0.308 e. The molecule has 7 heteroatoms. The molecule has 3 nitrogen and oxygen atoms in total. The van der Waals surface area contributed by atoms with E-state index in [4.69, 9.17) is 23.2 Å². The van der Waals surface area contributed by atoms with Crippen LogP contribution in [0.2, 0.25) is 10.0 Å². The molecule has 0 aliphatic heterocycles. The van der Waals surface area contributed by atoms with Gasteiger partial charge in [0, 0.05) is 20.2 Å². The zero-order valence-electron chi connectivity index (χ0n) is 9.88. The maximum atomic E-state index is 12.9. The van der Waals surface area contributed by atoms with Gasteiger partial charge >= 0.3 is 6.03 Å². The predicted octanol–water partition coefficient (Wildman–Crippen LogP) is 5.54. The van der Waals surface area contributed by atoms with Crippen molar-refractivity contribution in [3.63, 3.8) is 0 Å². The number of anilines is 2. The van der Waals surface area contributed by atoms with Crippen LogP contribution in [0.15, 0.2) is 40.9 Å². The summed E-state index contributed by atoms with van der Waals surface area (Å²) in [5, 5.41) is 5.98. The summed E-state index contributed by atoms with van der Waals surface area (Å²) in [5.41, 5.74) is 0.898. The van der Waals surface area contributed by atoms with Crippen molar-refractivity contribution in [3.05, 3.63) is 56.7 Å². The quantitative estimate of drug-likeness (QED) is 0.708. The highest BCUT2D eigenvalue weighted by Crippen LogP contribution is 2.25. The topological polar surface area (TPSA) is 41.1 Å². The van der Waals surface area contributed by atoms with E-state index < -0.39 is 11.8 Å². The fraction of sp³-hybridized carbons (Fsp3) is 0. The van der Waals surface area contributed by atoms with Crippen LogP contribution in [0.4, 0.5) is 20.6 Å². The molecule has 2 N–H and O–H groups in total. The first kappa shape index (κ1) is 15.1. The molecule has 2 aromatic carbocycles. The molecule has 0 atom stereocenters.